The van der Waals surface area contributed by atoms with Gasteiger partial charge in [0.15, 0.2) is 0 Å². The van der Waals surface area contributed by atoms with E-state index in [1.54, 1.807) is 12.1 Å². The van der Waals surface area contributed by atoms with Gasteiger partial charge in [0.05, 0.1) is 6.61 Å². The van der Waals surface area contributed by atoms with Gasteiger partial charge in [-0.2, -0.15) is 0 Å². The molecule has 0 aliphatic carbocycles. The van der Waals surface area contributed by atoms with Crippen LogP contribution in [0.4, 0.5) is 10.1 Å². The molecule has 1 aliphatic heterocycles. The molecular formula is C18H21FN2O. The van der Waals surface area contributed by atoms with E-state index >= 15 is 0 Å². The van der Waals surface area contributed by atoms with E-state index < -0.39 is 0 Å². The fourth-order valence-electron chi connectivity index (χ4n) is 2.96. The number of rotatable bonds is 4. The summed E-state index contributed by atoms with van der Waals surface area (Å²) in [6.45, 7) is 1.38. The zero-order valence-corrected chi connectivity index (χ0v) is 12.5. The first kappa shape index (κ1) is 15.0. The SMILES string of the molecule is OCc1cc(CN[C@H]2CCCNc3ccccc32)ccc1F. The fourth-order valence-corrected chi connectivity index (χ4v) is 2.96. The summed E-state index contributed by atoms with van der Waals surface area (Å²) in [7, 11) is 0. The minimum atomic E-state index is -0.352. The molecular weight excluding hydrogens is 279 g/mol. The Labute approximate surface area is 130 Å². The molecule has 0 amide bonds. The predicted octanol–water partition coefficient (Wildman–Crippen LogP) is 3.35. The van der Waals surface area contributed by atoms with Crippen molar-refractivity contribution in [2.24, 2.45) is 0 Å². The molecule has 0 saturated heterocycles. The molecule has 4 heteroatoms. The van der Waals surface area contributed by atoms with E-state index in [1.165, 1.54) is 17.3 Å². The van der Waals surface area contributed by atoms with Crippen LogP contribution in [-0.2, 0) is 13.2 Å². The van der Waals surface area contributed by atoms with Crippen molar-refractivity contribution in [1.82, 2.24) is 5.32 Å². The van der Waals surface area contributed by atoms with Gasteiger partial charge in [-0.05, 0) is 42.2 Å². The van der Waals surface area contributed by atoms with Crippen molar-refractivity contribution >= 4 is 5.69 Å². The lowest BCUT2D eigenvalue weighted by atomic mass is 10.0. The van der Waals surface area contributed by atoms with Gasteiger partial charge in [0, 0.05) is 30.4 Å². The van der Waals surface area contributed by atoms with E-state index in [-0.39, 0.29) is 18.5 Å². The molecule has 116 valence electrons. The normalized spacial score (nSPS) is 17.5. The second-order valence-electron chi connectivity index (χ2n) is 5.67. The Kier molecular flexibility index (Phi) is 4.71. The minimum absolute atomic E-state index is 0.268. The average Bonchev–Trinajstić information content (AvgIpc) is 2.76. The van der Waals surface area contributed by atoms with Crippen LogP contribution in [0.2, 0.25) is 0 Å². The lowest BCUT2D eigenvalue weighted by Crippen LogP contribution is -2.20. The van der Waals surface area contributed by atoms with Crippen molar-refractivity contribution in [1.29, 1.82) is 0 Å². The molecule has 0 saturated carbocycles. The summed E-state index contributed by atoms with van der Waals surface area (Å²) < 4.78 is 13.4. The van der Waals surface area contributed by atoms with Gasteiger partial charge in [-0.25, -0.2) is 4.39 Å². The van der Waals surface area contributed by atoms with Crippen LogP contribution in [0.25, 0.3) is 0 Å². The number of para-hydroxylation sites is 1. The Balaban J connectivity index is 1.73. The fraction of sp³-hybridized carbons (Fsp3) is 0.333. The highest BCUT2D eigenvalue weighted by atomic mass is 19.1. The maximum absolute atomic E-state index is 13.4. The second kappa shape index (κ2) is 6.90. The van der Waals surface area contributed by atoms with E-state index in [0.29, 0.717) is 12.1 Å². The van der Waals surface area contributed by atoms with Gasteiger partial charge >= 0.3 is 0 Å². The average molecular weight is 300 g/mol. The van der Waals surface area contributed by atoms with Gasteiger partial charge in [-0.3, -0.25) is 0 Å². The van der Waals surface area contributed by atoms with E-state index in [2.05, 4.69) is 28.8 Å². The van der Waals surface area contributed by atoms with E-state index in [4.69, 9.17) is 5.11 Å². The number of aliphatic hydroxyl groups is 1. The number of hydrogen-bond donors (Lipinski definition) is 3. The molecule has 2 aromatic carbocycles. The summed E-state index contributed by atoms with van der Waals surface area (Å²) in [5, 5.41) is 16.2. The summed E-state index contributed by atoms with van der Waals surface area (Å²) in [4.78, 5) is 0. The molecule has 3 N–H and O–H groups in total. The van der Waals surface area contributed by atoms with Crippen molar-refractivity contribution in [3.05, 3.63) is 65.0 Å². The van der Waals surface area contributed by atoms with Crippen LogP contribution >= 0.6 is 0 Å². The van der Waals surface area contributed by atoms with Gasteiger partial charge in [-0.1, -0.05) is 24.3 Å². The zero-order chi connectivity index (χ0) is 15.4. The zero-order valence-electron chi connectivity index (χ0n) is 12.5. The van der Waals surface area contributed by atoms with E-state index in [9.17, 15) is 4.39 Å². The summed E-state index contributed by atoms with van der Waals surface area (Å²) in [5.41, 5.74) is 3.81. The predicted molar refractivity (Wildman–Crippen MR) is 86.1 cm³/mol. The molecule has 3 nitrogen and oxygen atoms in total. The number of nitrogens with one attached hydrogen (secondary N) is 2. The minimum Gasteiger partial charge on any atom is -0.392 e. The molecule has 2 aromatic rings. The van der Waals surface area contributed by atoms with Crippen LogP contribution in [0.15, 0.2) is 42.5 Å². The van der Waals surface area contributed by atoms with Crippen LogP contribution in [0.5, 0.6) is 0 Å². The van der Waals surface area contributed by atoms with Crippen LogP contribution in [0.3, 0.4) is 0 Å². The van der Waals surface area contributed by atoms with Crippen molar-refractivity contribution < 1.29 is 9.50 Å². The number of anilines is 1. The smallest absolute Gasteiger partial charge is 0.128 e. The van der Waals surface area contributed by atoms with Gasteiger partial charge in [-0.15, -0.1) is 0 Å². The quantitative estimate of drug-likeness (QED) is 0.811. The maximum Gasteiger partial charge on any atom is 0.128 e. The van der Waals surface area contributed by atoms with Crippen LogP contribution in [0, 0.1) is 5.82 Å². The molecule has 1 heterocycles. The molecule has 22 heavy (non-hydrogen) atoms. The number of hydrogen-bond acceptors (Lipinski definition) is 3. The summed E-state index contributed by atoms with van der Waals surface area (Å²) in [6.07, 6.45) is 2.18. The van der Waals surface area contributed by atoms with Gasteiger partial charge in [0.1, 0.15) is 5.82 Å². The molecule has 1 aliphatic rings. The summed E-state index contributed by atoms with van der Waals surface area (Å²) in [6, 6.07) is 13.6. The van der Waals surface area contributed by atoms with E-state index in [1.807, 2.05) is 6.07 Å². The van der Waals surface area contributed by atoms with Gasteiger partial charge in [0.2, 0.25) is 0 Å². The van der Waals surface area contributed by atoms with Crippen molar-refractivity contribution in [3.8, 4) is 0 Å². The molecule has 0 aromatic heterocycles. The first-order valence-electron chi connectivity index (χ1n) is 7.72. The third-order valence-electron chi connectivity index (χ3n) is 4.15. The number of fused-ring (bicyclic) bond motifs is 1. The highest BCUT2D eigenvalue weighted by molar-refractivity contribution is 5.53. The second-order valence-corrected chi connectivity index (χ2v) is 5.67. The Morgan fingerprint density at radius 3 is 2.95 bits per heavy atom. The standard InChI is InChI=1S/C18H21FN2O/c19-16-8-7-13(10-14(16)12-22)11-21-18-6-3-9-20-17-5-2-1-4-15(17)18/h1-2,4-5,7-8,10,18,20-22H,3,6,9,11-12H2/t18-/m0/s1. The molecule has 0 fully saturated rings. The van der Waals surface area contributed by atoms with Crippen LogP contribution in [0.1, 0.15) is 35.6 Å². The van der Waals surface area contributed by atoms with Crippen molar-refractivity contribution in [2.45, 2.75) is 32.0 Å². The third-order valence-corrected chi connectivity index (χ3v) is 4.15. The topological polar surface area (TPSA) is 44.3 Å². The number of benzene rings is 2. The molecule has 0 bridgehead atoms. The van der Waals surface area contributed by atoms with Gasteiger partial charge < -0.3 is 15.7 Å². The lowest BCUT2D eigenvalue weighted by Gasteiger charge is -2.19. The Bertz CT molecular complexity index is 645. The Hall–Kier alpha value is -1.91. The summed E-state index contributed by atoms with van der Waals surface area (Å²) >= 11 is 0. The lowest BCUT2D eigenvalue weighted by molar-refractivity contribution is 0.275. The highest BCUT2D eigenvalue weighted by Gasteiger charge is 2.17. The monoisotopic (exact) mass is 300 g/mol. The third kappa shape index (κ3) is 3.29. The van der Waals surface area contributed by atoms with Gasteiger partial charge in [0.25, 0.3) is 0 Å². The molecule has 0 spiro atoms. The first-order chi connectivity index (χ1) is 10.8. The van der Waals surface area contributed by atoms with Crippen molar-refractivity contribution in [2.75, 3.05) is 11.9 Å². The Morgan fingerprint density at radius 2 is 2.09 bits per heavy atom. The largest absolute Gasteiger partial charge is 0.392 e. The summed E-state index contributed by atoms with van der Waals surface area (Å²) in [5.74, 6) is -0.352. The first-order valence-corrected chi connectivity index (χ1v) is 7.72. The number of aliphatic hydroxyl groups excluding tert-OH is 1. The maximum atomic E-state index is 13.4. The van der Waals surface area contributed by atoms with Crippen LogP contribution in [-0.4, -0.2) is 11.7 Å². The molecule has 1 atom stereocenters. The van der Waals surface area contributed by atoms with Crippen LogP contribution < -0.4 is 10.6 Å². The van der Waals surface area contributed by atoms with E-state index in [0.717, 1.165) is 24.9 Å². The molecule has 0 unspecified atom stereocenters. The molecule has 0 radical (unpaired) electrons. The Morgan fingerprint density at radius 1 is 1.23 bits per heavy atom. The number of halogens is 1. The van der Waals surface area contributed by atoms with Crippen molar-refractivity contribution in [3.63, 3.8) is 0 Å². The highest BCUT2D eigenvalue weighted by Crippen LogP contribution is 2.29. The molecule has 3 rings (SSSR count).